The highest BCUT2D eigenvalue weighted by molar-refractivity contribution is 6.29. The molecule has 0 aliphatic carbocycles. The molecule has 2 rings (SSSR count). The van der Waals surface area contributed by atoms with Gasteiger partial charge in [-0.1, -0.05) is 35.9 Å². The minimum Gasteiger partial charge on any atom is -0.380 e. The third kappa shape index (κ3) is 3.72. The number of methoxy groups -OCH3 is 1. The molecule has 0 saturated carbocycles. The largest absolute Gasteiger partial charge is 0.380 e. The van der Waals surface area contributed by atoms with E-state index in [-0.39, 0.29) is 0 Å². The average Bonchev–Trinajstić information content (AvgIpc) is 2.40. The minimum absolute atomic E-state index is 0.504. The lowest BCUT2D eigenvalue weighted by Crippen LogP contribution is -2.00. The Morgan fingerprint density at radius 1 is 1.11 bits per heavy atom. The fourth-order valence-electron chi connectivity index (χ4n) is 1.60. The molecule has 0 fully saturated rings. The number of anilines is 1. The number of nitrogens with zero attached hydrogens (tertiary/aromatic N) is 1. The molecule has 0 saturated heterocycles. The molecule has 0 amide bonds. The lowest BCUT2D eigenvalue weighted by Gasteiger charge is -2.07. The Morgan fingerprint density at radius 3 is 2.44 bits per heavy atom. The second-order valence-corrected chi connectivity index (χ2v) is 4.36. The van der Waals surface area contributed by atoms with E-state index in [2.05, 4.69) is 34.6 Å². The van der Waals surface area contributed by atoms with Gasteiger partial charge in [0, 0.05) is 13.7 Å². The molecule has 0 radical (unpaired) electrons. The summed E-state index contributed by atoms with van der Waals surface area (Å²) < 4.78 is 5.07. The molecule has 0 spiro atoms. The van der Waals surface area contributed by atoms with Gasteiger partial charge < -0.3 is 10.1 Å². The van der Waals surface area contributed by atoms with Crippen molar-refractivity contribution in [1.29, 1.82) is 0 Å². The summed E-state index contributed by atoms with van der Waals surface area (Å²) in [6.07, 6.45) is 1.72. The number of hydrogen-bond acceptors (Lipinski definition) is 3. The normalized spacial score (nSPS) is 10.3. The van der Waals surface area contributed by atoms with Crippen LogP contribution in [0.3, 0.4) is 0 Å². The summed E-state index contributed by atoms with van der Waals surface area (Å²) in [5.74, 6) is 0. The zero-order valence-electron chi connectivity index (χ0n) is 10.2. The number of pyridine rings is 1. The number of rotatable bonds is 5. The third-order valence-corrected chi connectivity index (χ3v) is 2.78. The topological polar surface area (TPSA) is 34.1 Å². The second kappa shape index (κ2) is 6.38. The van der Waals surface area contributed by atoms with Crippen LogP contribution in [-0.4, -0.2) is 12.1 Å². The van der Waals surface area contributed by atoms with Crippen molar-refractivity contribution in [2.24, 2.45) is 0 Å². The molecule has 1 aromatic carbocycles. The summed E-state index contributed by atoms with van der Waals surface area (Å²) in [6, 6.07) is 12.0. The number of benzene rings is 1. The molecule has 0 aliphatic rings. The van der Waals surface area contributed by atoms with E-state index in [1.54, 1.807) is 19.4 Å². The van der Waals surface area contributed by atoms with Crippen LogP contribution in [0.5, 0.6) is 0 Å². The van der Waals surface area contributed by atoms with Crippen molar-refractivity contribution in [2.45, 2.75) is 13.2 Å². The summed E-state index contributed by atoms with van der Waals surface area (Å²) in [4.78, 5) is 4.02. The van der Waals surface area contributed by atoms with E-state index >= 15 is 0 Å². The molecule has 0 bridgehead atoms. The van der Waals surface area contributed by atoms with E-state index in [0.29, 0.717) is 11.8 Å². The molecular weight excluding hydrogens is 248 g/mol. The number of hydrogen-bond donors (Lipinski definition) is 1. The number of halogens is 1. The molecule has 2 aromatic rings. The average molecular weight is 263 g/mol. The van der Waals surface area contributed by atoms with Gasteiger partial charge in [0.25, 0.3) is 0 Å². The van der Waals surface area contributed by atoms with Crippen molar-refractivity contribution in [3.8, 4) is 0 Å². The van der Waals surface area contributed by atoms with Crippen LogP contribution in [0.25, 0.3) is 0 Å². The lowest BCUT2D eigenvalue weighted by molar-refractivity contribution is 0.185. The lowest BCUT2D eigenvalue weighted by atomic mass is 10.1. The van der Waals surface area contributed by atoms with Gasteiger partial charge in [-0.15, -0.1) is 0 Å². The first-order valence-corrected chi connectivity index (χ1v) is 6.08. The van der Waals surface area contributed by atoms with Gasteiger partial charge in [0.2, 0.25) is 0 Å². The van der Waals surface area contributed by atoms with Gasteiger partial charge >= 0.3 is 0 Å². The van der Waals surface area contributed by atoms with Gasteiger partial charge in [0.05, 0.1) is 18.5 Å². The van der Waals surface area contributed by atoms with Gasteiger partial charge in [-0.2, -0.15) is 0 Å². The number of nitrogens with one attached hydrogen (secondary N) is 1. The molecule has 0 unspecified atom stereocenters. The maximum absolute atomic E-state index is 5.73. The van der Waals surface area contributed by atoms with Crippen molar-refractivity contribution in [3.63, 3.8) is 0 Å². The van der Waals surface area contributed by atoms with E-state index < -0.39 is 0 Å². The van der Waals surface area contributed by atoms with E-state index in [1.165, 1.54) is 11.1 Å². The summed E-state index contributed by atoms with van der Waals surface area (Å²) in [5, 5.41) is 3.79. The fraction of sp³-hybridized carbons (Fsp3) is 0.214. The minimum atomic E-state index is 0.504. The van der Waals surface area contributed by atoms with Crippen LogP contribution in [0.2, 0.25) is 5.15 Å². The van der Waals surface area contributed by atoms with Crippen LogP contribution in [0.4, 0.5) is 5.69 Å². The van der Waals surface area contributed by atoms with Crippen molar-refractivity contribution in [3.05, 3.63) is 58.9 Å². The predicted octanol–water partition coefficient (Wildman–Crippen LogP) is 3.49. The van der Waals surface area contributed by atoms with Gasteiger partial charge in [0.15, 0.2) is 0 Å². The van der Waals surface area contributed by atoms with Crippen molar-refractivity contribution >= 4 is 17.3 Å². The van der Waals surface area contributed by atoms with Crippen LogP contribution < -0.4 is 5.32 Å². The molecular formula is C14H15ClN2O. The molecule has 94 valence electrons. The molecule has 1 N–H and O–H groups in total. The monoisotopic (exact) mass is 262 g/mol. The van der Waals surface area contributed by atoms with Gasteiger partial charge in [-0.3, -0.25) is 0 Å². The number of aromatic nitrogens is 1. The van der Waals surface area contributed by atoms with Crippen LogP contribution in [0, 0.1) is 0 Å². The predicted molar refractivity (Wildman–Crippen MR) is 73.7 cm³/mol. The standard InChI is InChI=1S/C14H15ClN2O/c1-18-10-12-4-2-11(3-5-12)8-16-13-6-7-14(15)17-9-13/h2-7,9,16H,8,10H2,1H3. The maximum Gasteiger partial charge on any atom is 0.129 e. The molecule has 1 aromatic heterocycles. The Labute approximate surface area is 112 Å². The first-order valence-electron chi connectivity index (χ1n) is 5.70. The third-order valence-electron chi connectivity index (χ3n) is 2.56. The Hall–Kier alpha value is -1.58. The van der Waals surface area contributed by atoms with E-state index in [1.807, 2.05) is 6.07 Å². The Kier molecular flexibility index (Phi) is 4.56. The molecule has 4 heteroatoms. The summed E-state index contributed by atoms with van der Waals surface area (Å²) in [5.41, 5.74) is 3.35. The zero-order valence-corrected chi connectivity index (χ0v) is 10.9. The molecule has 0 aliphatic heterocycles. The quantitative estimate of drug-likeness (QED) is 0.838. The Bertz CT molecular complexity index is 482. The first-order chi connectivity index (χ1) is 8.78. The van der Waals surface area contributed by atoms with Crippen LogP contribution in [-0.2, 0) is 17.9 Å². The van der Waals surface area contributed by atoms with Gasteiger partial charge in [0.1, 0.15) is 5.15 Å². The van der Waals surface area contributed by atoms with Crippen molar-refractivity contribution in [1.82, 2.24) is 4.98 Å². The summed E-state index contributed by atoms with van der Waals surface area (Å²) >= 11 is 5.73. The SMILES string of the molecule is COCc1ccc(CNc2ccc(Cl)nc2)cc1. The molecule has 18 heavy (non-hydrogen) atoms. The number of ether oxygens (including phenoxy) is 1. The van der Waals surface area contributed by atoms with Crippen molar-refractivity contribution < 1.29 is 4.74 Å². The van der Waals surface area contributed by atoms with Crippen LogP contribution >= 0.6 is 11.6 Å². The zero-order chi connectivity index (χ0) is 12.8. The van der Waals surface area contributed by atoms with Crippen LogP contribution in [0.15, 0.2) is 42.6 Å². The highest BCUT2D eigenvalue weighted by Crippen LogP contribution is 2.12. The highest BCUT2D eigenvalue weighted by atomic mass is 35.5. The Balaban J connectivity index is 1.91. The summed E-state index contributed by atoms with van der Waals surface area (Å²) in [7, 11) is 1.70. The molecule has 0 atom stereocenters. The molecule has 3 nitrogen and oxygen atoms in total. The Morgan fingerprint density at radius 2 is 1.83 bits per heavy atom. The van der Waals surface area contributed by atoms with E-state index in [0.717, 1.165) is 12.2 Å². The smallest absolute Gasteiger partial charge is 0.129 e. The van der Waals surface area contributed by atoms with E-state index in [4.69, 9.17) is 16.3 Å². The van der Waals surface area contributed by atoms with Crippen molar-refractivity contribution in [2.75, 3.05) is 12.4 Å². The van der Waals surface area contributed by atoms with Gasteiger partial charge in [-0.05, 0) is 23.3 Å². The second-order valence-electron chi connectivity index (χ2n) is 3.97. The molecule has 1 heterocycles. The van der Waals surface area contributed by atoms with E-state index in [9.17, 15) is 0 Å². The highest BCUT2D eigenvalue weighted by Gasteiger charge is 1.96. The maximum atomic E-state index is 5.73. The first kappa shape index (κ1) is 12.9. The van der Waals surface area contributed by atoms with Gasteiger partial charge in [-0.25, -0.2) is 4.98 Å². The fourth-order valence-corrected chi connectivity index (χ4v) is 1.72. The van der Waals surface area contributed by atoms with Crippen LogP contribution in [0.1, 0.15) is 11.1 Å². The summed E-state index contributed by atoms with van der Waals surface area (Å²) in [6.45, 7) is 1.41.